The van der Waals surface area contributed by atoms with E-state index in [1.807, 2.05) is 30.3 Å². The number of hydrogen-bond donors (Lipinski definition) is 0. The van der Waals surface area contributed by atoms with Crippen LogP contribution in [0.2, 0.25) is 0 Å². The van der Waals surface area contributed by atoms with E-state index in [2.05, 4.69) is 0 Å². The molecule has 3 heteroatoms. The summed E-state index contributed by atoms with van der Waals surface area (Å²) in [5, 5.41) is 0. The number of benzene rings is 1. The molecule has 0 aliphatic rings. The third kappa shape index (κ3) is 3.29. The molecular formula is C10H10Cl2O. The lowest BCUT2D eigenvalue weighted by atomic mass is 10.2. The maximum atomic E-state index is 5.61. The molecule has 0 fully saturated rings. The molecule has 0 aromatic heterocycles. The van der Waals surface area contributed by atoms with Crippen molar-refractivity contribution >= 4 is 29.0 Å². The van der Waals surface area contributed by atoms with Gasteiger partial charge in [-0.2, -0.15) is 0 Å². The molecule has 0 aliphatic heterocycles. The summed E-state index contributed by atoms with van der Waals surface area (Å²) in [6.07, 6.45) is 0. The van der Waals surface area contributed by atoms with E-state index in [9.17, 15) is 0 Å². The van der Waals surface area contributed by atoms with E-state index >= 15 is 0 Å². The molecule has 0 N–H and O–H groups in total. The van der Waals surface area contributed by atoms with Crippen molar-refractivity contribution in [1.29, 1.82) is 0 Å². The Morgan fingerprint density at radius 1 is 1.31 bits per heavy atom. The molecule has 1 aromatic rings. The maximum absolute atomic E-state index is 5.61. The fourth-order valence-electron chi connectivity index (χ4n) is 0.929. The summed E-state index contributed by atoms with van der Waals surface area (Å²) in [5.74, 6) is 1.11. The fraction of sp³-hybridized carbons (Fsp3) is 0.200. The van der Waals surface area contributed by atoms with Gasteiger partial charge in [-0.3, -0.25) is 0 Å². The number of ether oxygens (including phenoxy) is 1. The van der Waals surface area contributed by atoms with Crippen molar-refractivity contribution in [1.82, 2.24) is 0 Å². The lowest BCUT2D eigenvalue weighted by Crippen LogP contribution is -1.94. The Kier molecular flexibility index (Phi) is 4.73. The van der Waals surface area contributed by atoms with Crippen molar-refractivity contribution in [2.75, 3.05) is 12.5 Å². The largest absolute Gasteiger partial charge is 0.491 e. The van der Waals surface area contributed by atoms with E-state index in [4.69, 9.17) is 27.9 Å². The Balaban J connectivity index is 2.69. The van der Waals surface area contributed by atoms with Gasteiger partial charge >= 0.3 is 0 Å². The fourth-order valence-corrected chi connectivity index (χ4v) is 1.19. The maximum Gasteiger partial charge on any atom is 0.137 e. The minimum absolute atomic E-state index is 0.459. The highest BCUT2D eigenvalue weighted by atomic mass is 35.5. The molecule has 0 aliphatic carbocycles. The van der Waals surface area contributed by atoms with Gasteiger partial charge in [-0.15, -0.1) is 11.6 Å². The Morgan fingerprint density at radius 3 is 2.54 bits per heavy atom. The van der Waals surface area contributed by atoms with Crippen LogP contribution < -0.4 is 0 Å². The molecule has 0 unspecified atom stereocenters. The molecular weight excluding hydrogens is 207 g/mol. The average molecular weight is 217 g/mol. The standard InChI is InChI=1S/C10H10Cl2O/c11-6-7-13-10(8-12)9-4-2-1-3-5-9/h1-5,8H,6-7H2. The summed E-state index contributed by atoms with van der Waals surface area (Å²) in [6, 6.07) is 9.67. The predicted octanol–water partition coefficient (Wildman–Crippen LogP) is 3.48. The molecule has 0 saturated heterocycles. The van der Waals surface area contributed by atoms with E-state index in [-0.39, 0.29) is 0 Å². The molecule has 0 spiro atoms. The van der Waals surface area contributed by atoms with E-state index in [0.717, 1.165) is 5.56 Å². The predicted molar refractivity (Wildman–Crippen MR) is 56.9 cm³/mol. The van der Waals surface area contributed by atoms with E-state index in [1.54, 1.807) is 0 Å². The van der Waals surface area contributed by atoms with E-state index < -0.39 is 0 Å². The van der Waals surface area contributed by atoms with Gasteiger partial charge in [0.2, 0.25) is 0 Å². The van der Waals surface area contributed by atoms with Gasteiger partial charge in [0.15, 0.2) is 0 Å². The highest BCUT2D eigenvalue weighted by Gasteiger charge is 1.99. The van der Waals surface area contributed by atoms with Crippen molar-refractivity contribution in [3.05, 3.63) is 41.4 Å². The summed E-state index contributed by atoms with van der Waals surface area (Å²) in [5.41, 5.74) is 2.38. The number of alkyl halides is 1. The number of rotatable bonds is 4. The van der Waals surface area contributed by atoms with Crippen molar-refractivity contribution in [3.63, 3.8) is 0 Å². The van der Waals surface area contributed by atoms with Crippen LogP contribution >= 0.6 is 23.2 Å². The first-order valence-electron chi connectivity index (χ1n) is 3.93. The Hall–Kier alpha value is -0.660. The molecule has 0 amide bonds. The van der Waals surface area contributed by atoms with Crippen molar-refractivity contribution in [3.8, 4) is 0 Å². The molecule has 0 radical (unpaired) electrons. The zero-order valence-electron chi connectivity index (χ0n) is 7.04. The molecule has 0 heterocycles. The van der Waals surface area contributed by atoms with Gasteiger partial charge in [0.05, 0.1) is 5.88 Å². The molecule has 0 saturated carbocycles. The van der Waals surface area contributed by atoms with Crippen LogP contribution in [0.4, 0.5) is 0 Å². The summed E-state index contributed by atoms with van der Waals surface area (Å²) < 4.78 is 5.32. The van der Waals surface area contributed by atoms with Crippen LogP contribution in [0.5, 0.6) is 0 Å². The molecule has 13 heavy (non-hydrogen) atoms. The third-order valence-electron chi connectivity index (χ3n) is 1.49. The lowest BCUT2D eigenvalue weighted by molar-refractivity contribution is 0.301. The summed E-state index contributed by atoms with van der Waals surface area (Å²) in [6.45, 7) is 0.467. The first kappa shape index (κ1) is 10.4. The van der Waals surface area contributed by atoms with E-state index in [0.29, 0.717) is 18.2 Å². The Bertz CT molecular complexity index is 270. The Morgan fingerprint density at radius 2 is 2.00 bits per heavy atom. The minimum Gasteiger partial charge on any atom is -0.491 e. The second kappa shape index (κ2) is 5.90. The van der Waals surface area contributed by atoms with Gasteiger partial charge < -0.3 is 4.74 Å². The second-order valence-electron chi connectivity index (χ2n) is 2.38. The van der Waals surface area contributed by atoms with Crippen LogP contribution in [0.15, 0.2) is 35.9 Å². The number of hydrogen-bond acceptors (Lipinski definition) is 1. The monoisotopic (exact) mass is 216 g/mol. The van der Waals surface area contributed by atoms with Gasteiger partial charge in [0.25, 0.3) is 0 Å². The summed E-state index contributed by atoms with van der Waals surface area (Å²) >= 11 is 11.1. The molecule has 1 rings (SSSR count). The van der Waals surface area contributed by atoms with Crippen LogP contribution in [0.3, 0.4) is 0 Å². The van der Waals surface area contributed by atoms with Gasteiger partial charge in [-0.1, -0.05) is 41.9 Å². The second-order valence-corrected chi connectivity index (χ2v) is 2.97. The average Bonchev–Trinajstić information content (AvgIpc) is 2.21. The normalized spacial score (nSPS) is 11.4. The van der Waals surface area contributed by atoms with Crippen molar-refractivity contribution in [2.45, 2.75) is 0 Å². The van der Waals surface area contributed by atoms with Crippen LogP contribution in [-0.2, 0) is 4.74 Å². The third-order valence-corrected chi connectivity index (χ3v) is 1.84. The lowest BCUT2D eigenvalue weighted by Gasteiger charge is -2.07. The summed E-state index contributed by atoms with van der Waals surface area (Å²) in [4.78, 5) is 0. The SMILES string of the molecule is ClC=C(OCCCl)c1ccccc1. The van der Waals surface area contributed by atoms with Gasteiger partial charge in [0.1, 0.15) is 12.4 Å². The van der Waals surface area contributed by atoms with Crippen LogP contribution in [-0.4, -0.2) is 12.5 Å². The molecule has 0 atom stereocenters. The van der Waals surface area contributed by atoms with Crippen LogP contribution in [0.1, 0.15) is 5.56 Å². The van der Waals surface area contributed by atoms with E-state index in [1.165, 1.54) is 5.54 Å². The highest BCUT2D eigenvalue weighted by molar-refractivity contribution is 6.27. The highest BCUT2D eigenvalue weighted by Crippen LogP contribution is 2.16. The Labute approximate surface area is 87.9 Å². The van der Waals surface area contributed by atoms with Gasteiger partial charge in [-0.05, 0) is 0 Å². The first-order chi connectivity index (χ1) is 6.38. The molecule has 0 bridgehead atoms. The van der Waals surface area contributed by atoms with Crippen molar-refractivity contribution < 1.29 is 4.74 Å². The zero-order chi connectivity index (χ0) is 9.52. The quantitative estimate of drug-likeness (QED) is 0.554. The molecule has 1 nitrogen and oxygen atoms in total. The van der Waals surface area contributed by atoms with Crippen LogP contribution in [0.25, 0.3) is 5.76 Å². The molecule has 70 valence electrons. The smallest absolute Gasteiger partial charge is 0.137 e. The van der Waals surface area contributed by atoms with Gasteiger partial charge in [0, 0.05) is 11.1 Å². The zero-order valence-corrected chi connectivity index (χ0v) is 8.55. The van der Waals surface area contributed by atoms with Crippen LogP contribution in [0, 0.1) is 0 Å². The van der Waals surface area contributed by atoms with Gasteiger partial charge in [-0.25, -0.2) is 0 Å². The molecule has 1 aromatic carbocycles. The summed E-state index contributed by atoms with van der Waals surface area (Å²) in [7, 11) is 0. The van der Waals surface area contributed by atoms with Crippen molar-refractivity contribution in [2.24, 2.45) is 0 Å². The first-order valence-corrected chi connectivity index (χ1v) is 4.90. The number of halogens is 2. The minimum atomic E-state index is 0.459. The topological polar surface area (TPSA) is 9.23 Å².